The summed E-state index contributed by atoms with van der Waals surface area (Å²) in [6.07, 6.45) is 0. The van der Waals surface area contributed by atoms with Crippen molar-refractivity contribution in [3.8, 4) is 0 Å². The van der Waals surface area contributed by atoms with E-state index in [2.05, 4.69) is 20.1 Å². The molecule has 110 valence electrons. The number of thiazole rings is 1. The molecule has 0 saturated carbocycles. The molecule has 2 aliphatic rings. The maximum absolute atomic E-state index is 12.0. The van der Waals surface area contributed by atoms with Gasteiger partial charge in [0.1, 0.15) is 6.04 Å². The fourth-order valence-corrected chi connectivity index (χ4v) is 4.25. The zero-order valence-electron chi connectivity index (χ0n) is 11.4. The lowest BCUT2D eigenvalue weighted by Crippen LogP contribution is -2.63. The van der Waals surface area contributed by atoms with E-state index in [0.29, 0.717) is 6.54 Å². The van der Waals surface area contributed by atoms with Crippen LogP contribution in [0.2, 0.25) is 5.02 Å². The van der Waals surface area contributed by atoms with Crippen molar-refractivity contribution < 1.29 is 4.79 Å². The maximum atomic E-state index is 12.0. The van der Waals surface area contributed by atoms with Crippen molar-refractivity contribution in [3.63, 3.8) is 0 Å². The second-order valence-corrected chi connectivity index (χ2v) is 6.84. The van der Waals surface area contributed by atoms with Crippen LogP contribution in [0.25, 0.3) is 10.2 Å². The third-order valence-corrected chi connectivity index (χ3v) is 5.42. The molecule has 0 aliphatic carbocycles. The standard InChI is InChI=1S/C14H15ClN4OS/c15-9-1-2-10-12(7-9)21-14(17-10)19-6-5-18-4-3-16-13(20)11(18)8-19/h1-2,7,11H,3-6,8H2,(H,16,20). The predicted molar refractivity (Wildman–Crippen MR) is 85.2 cm³/mol. The van der Waals surface area contributed by atoms with Crippen molar-refractivity contribution in [2.24, 2.45) is 0 Å². The number of benzene rings is 1. The van der Waals surface area contributed by atoms with E-state index in [1.54, 1.807) is 11.3 Å². The Bertz CT molecular complexity index is 703. The molecule has 7 heteroatoms. The number of nitrogens with one attached hydrogen (secondary N) is 1. The Morgan fingerprint density at radius 3 is 3.14 bits per heavy atom. The van der Waals surface area contributed by atoms with Gasteiger partial charge in [-0.1, -0.05) is 22.9 Å². The molecular weight excluding hydrogens is 308 g/mol. The molecule has 2 saturated heterocycles. The molecule has 0 bridgehead atoms. The van der Waals surface area contributed by atoms with Crippen LogP contribution < -0.4 is 10.2 Å². The highest BCUT2D eigenvalue weighted by Crippen LogP contribution is 2.32. The first-order valence-electron chi connectivity index (χ1n) is 7.03. The summed E-state index contributed by atoms with van der Waals surface area (Å²) in [5, 5.41) is 4.65. The van der Waals surface area contributed by atoms with Gasteiger partial charge in [0, 0.05) is 37.7 Å². The summed E-state index contributed by atoms with van der Waals surface area (Å²) in [4.78, 5) is 21.2. The van der Waals surface area contributed by atoms with Gasteiger partial charge in [-0.2, -0.15) is 0 Å². The van der Waals surface area contributed by atoms with E-state index in [1.807, 2.05) is 18.2 Å². The summed E-state index contributed by atoms with van der Waals surface area (Å²) in [6, 6.07) is 5.70. The average Bonchev–Trinajstić information content (AvgIpc) is 2.90. The Balaban J connectivity index is 1.61. The van der Waals surface area contributed by atoms with E-state index < -0.39 is 0 Å². The van der Waals surface area contributed by atoms with Crippen LogP contribution in [0, 0.1) is 0 Å². The molecule has 21 heavy (non-hydrogen) atoms. The van der Waals surface area contributed by atoms with Gasteiger partial charge in [0.2, 0.25) is 5.91 Å². The van der Waals surface area contributed by atoms with Gasteiger partial charge in [0.25, 0.3) is 0 Å². The molecule has 1 unspecified atom stereocenters. The SMILES string of the molecule is O=C1NCCN2CCN(c3nc4ccc(Cl)cc4s3)CC12. The molecule has 1 aromatic carbocycles. The third-order valence-electron chi connectivity index (χ3n) is 4.10. The normalized spacial score (nSPS) is 23.2. The highest BCUT2D eigenvalue weighted by molar-refractivity contribution is 7.22. The molecule has 0 radical (unpaired) electrons. The van der Waals surface area contributed by atoms with E-state index in [0.717, 1.165) is 46.5 Å². The minimum absolute atomic E-state index is 0.0527. The van der Waals surface area contributed by atoms with Gasteiger partial charge in [0.15, 0.2) is 5.13 Å². The van der Waals surface area contributed by atoms with Gasteiger partial charge in [-0.3, -0.25) is 9.69 Å². The average molecular weight is 323 g/mol. The van der Waals surface area contributed by atoms with Crippen LogP contribution in [0.1, 0.15) is 0 Å². The first-order valence-corrected chi connectivity index (χ1v) is 8.23. The zero-order chi connectivity index (χ0) is 14.4. The number of carbonyl (C=O) groups is 1. The van der Waals surface area contributed by atoms with Crippen LogP contribution in [-0.2, 0) is 4.79 Å². The highest BCUT2D eigenvalue weighted by atomic mass is 35.5. The van der Waals surface area contributed by atoms with E-state index >= 15 is 0 Å². The van der Waals surface area contributed by atoms with Gasteiger partial charge in [-0.15, -0.1) is 0 Å². The number of piperazine rings is 2. The van der Waals surface area contributed by atoms with Crippen LogP contribution in [0.15, 0.2) is 18.2 Å². The largest absolute Gasteiger partial charge is 0.353 e. The van der Waals surface area contributed by atoms with Crippen molar-refractivity contribution >= 4 is 44.2 Å². The Morgan fingerprint density at radius 2 is 2.24 bits per heavy atom. The van der Waals surface area contributed by atoms with Gasteiger partial charge in [-0.25, -0.2) is 4.98 Å². The predicted octanol–water partition coefficient (Wildman–Crippen LogP) is 1.57. The number of halogens is 1. The monoisotopic (exact) mass is 322 g/mol. The Labute approximate surface area is 131 Å². The minimum atomic E-state index is -0.0527. The Morgan fingerprint density at radius 1 is 1.33 bits per heavy atom. The molecular formula is C14H15ClN4OS. The quantitative estimate of drug-likeness (QED) is 0.866. The maximum Gasteiger partial charge on any atom is 0.239 e. The first kappa shape index (κ1) is 13.3. The van der Waals surface area contributed by atoms with E-state index in [9.17, 15) is 4.79 Å². The highest BCUT2D eigenvalue weighted by Gasteiger charge is 2.35. The van der Waals surface area contributed by atoms with Crippen molar-refractivity contribution in [1.29, 1.82) is 0 Å². The number of rotatable bonds is 1. The molecule has 2 aliphatic heterocycles. The molecule has 1 aromatic heterocycles. The molecule has 0 spiro atoms. The van der Waals surface area contributed by atoms with Crippen molar-refractivity contribution in [3.05, 3.63) is 23.2 Å². The lowest BCUT2D eigenvalue weighted by Gasteiger charge is -2.42. The smallest absolute Gasteiger partial charge is 0.239 e. The number of anilines is 1. The van der Waals surface area contributed by atoms with Gasteiger partial charge in [-0.05, 0) is 18.2 Å². The third kappa shape index (κ3) is 2.37. The van der Waals surface area contributed by atoms with Crippen LogP contribution in [0.4, 0.5) is 5.13 Å². The fourth-order valence-electron chi connectivity index (χ4n) is 2.97. The number of hydrogen-bond acceptors (Lipinski definition) is 5. The Hall–Kier alpha value is -1.37. The van der Waals surface area contributed by atoms with Crippen LogP contribution in [0.5, 0.6) is 0 Å². The molecule has 4 rings (SSSR count). The second-order valence-electron chi connectivity index (χ2n) is 5.40. The first-order chi connectivity index (χ1) is 10.2. The number of aromatic nitrogens is 1. The minimum Gasteiger partial charge on any atom is -0.353 e. The van der Waals surface area contributed by atoms with Crippen molar-refractivity contribution in [2.75, 3.05) is 37.6 Å². The lowest BCUT2D eigenvalue weighted by molar-refractivity contribution is -0.129. The zero-order valence-corrected chi connectivity index (χ0v) is 13.0. The molecule has 1 N–H and O–H groups in total. The van der Waals surface area contributed by atoms with Crippen molar-refractivity contribution in [2.45, 2.75) is 6.04 Å². The second kappa shape index (κ2) is 5.12. The fraction of sp³-hybridized carbons (Fsp3) is 0.429. The molecule has 2 fully saturated rings. The van der Waals surface area contributed by atoms with Crippen molar-refractivity contribution in [1.82, 2.24) is 15.2 Å². The number of fused-ring (bicyclic) bond motifs is 2. The summed E-state index contributed by atoms with van der Waals surface area (Å²) in [6.45, 7) is 4.24. The number of nitrogens with zero attached hydrogens (tertiary/aromatic N) is 3. The lowest BCUT2D eigenvalue weighted by atomic mass is 10.1. The molecule has 1 amide bonds. The Kier molecular flexibility index (Phi) is 3.24. The van der Waals surface area contributed by atoms with Gasteiger partial charge in [0.05, 0.1) is 10.2 Å². The number of hydrogen-bond donors (Lipinski definition) is 1. The summed E-state index contributed by atoms with van der Waals surface area (Å²) >= 11 is 7.67. The number of amides is 1. The summed E-state index contributed by atoms with van der Waals surface area (Å²) in [5.41, 5.74) is 0.968. The summed E-state index contributed by atoms with van der Waals surface area (Å²) in [7, 11) is 0. The van der Waals surface area contributed by atoms with Crippen LogP contribution in [-0.4, -0.2) is 54.6 Å². The number of carbonyl (C=O) groups excluding carboxylic acids is 1. The topological polar surface area (TPSA) is 48.5 Å². The molecule has 1 atom stereocenters. The van der Waals surface area contributed by atoms with E-state index in [1.165, 1.54) is 0 Å². The van der Waals surface area contributed by atoms with Gasteiger partial charge < -0.3 is 10.2 Å². The van der Waals surface area contributed by atoms with Crippen LogP contribution >= 0.6 is 22.9 Å². The van der Waals surface area contributed by atoms with E-state index in [-0.39, 0.29) is 11.9 Å². The summed E-state index contributed by atoms with van der Waals surface area (Å²) in [5.74, 6) is 0.134. The van der Waals surface area contributed by atoms with Crippen LogP contribution in [0.3, 0.4) is 0 Å². The summed E-state index contributed by atoms with van der Waals surface area (Å²) < 4.78 is 1.09. The van der Waals surface area contributed by atoms with Gasteiger partial charge >= 0.3 is 0 Å². The molecule has 5 nitrogen and oxygen atoms in total. The molecule has 3 heterocycles. The molecule has 2 aromatic rings. The van der Waals surface area contributed by atoms with E-state index in [4.69, 9.17) is 11.6 Å².